The average Bonchev–Trinajstić information content (AvgIpc) is 3.10. The van der Waals surface area contributed by atoms with Gasteiger partial charge in [-0.05, 0) is 49.7 Å². The number of amides is 1. The van der Waals surface area contributed by atoms with Gasteiger partial charge in [0.2, 0.25) is 5.91 Å². The lowest BCUT2D eigenvalue weighted by molar-refractivity contribution is -0.113. The summed E-state index contributed by atoms with van der Waals surface area (Å²) in [7, 11) is 0. The highest BCUT2D eigenvalue weighted by Crippen LogP contribution is 2.30. The van der Waals surface area contributed by atoms with Crippen molar-refractivity contribution < 1.29 is 19.8 Å². The number of phenolic OH excluding ortho intramolecular Hbond substituents is 1. The molecule has 9 heteroatoms. The molecule has 1 amide bonds. The predicted octanol–water partition coefficient (Wildman–Crippen LogP) is 3.41. The number of benzene rings is 2. The van der Waals surface area contributed by atoms with Gasteiger partial charge in [-0.2, -0.15) is 0 Å². The lowest BCUT2D eigenvalue weighted by Gasteiger charge is -2.10. The Morgan fingerprint density at radius 1 is 1.17 bits per heavy atom. The zero-order chi connectivity index (χ0) is 21.0. The zero-order valence-electron chi connectivity index (χ0n) is 15.9. The van der Waals surface area contributed by atoms with Gasteiger partial charge in [0, 0.05) is 12.2 Å². The van der Waals surface area contributed by atoms with Gasteiger partial charge in [-0.15, -0.1) is 10.2 Å². The molecule has 3 N–H and O–H groups in total. The Labute approximate surface area is 171 Å². The molecule has 29 heavy (non-hydrogen) atoms. The second-order valence-electron chi connectivity index (χ2n) is 6.24. The van der Waals surface area contributed by atoms with Crippen molar-refractivity contribution in [3.63, 3.8) is 0 Å². The van der Waals surface area contributed by atoms with Crippen LogP contribution in [-0.2, 0) is 11.3 Å². The molecule has 2 aromatic carbocycles. The number of anilines is 1. The van der Waals surface area contributed by atoms with Gasteiger partial charge in [-0.3, -0.25) is 4.79 Å². The Hall–Kier alpha value is -3.33. The van der Waals surface area contributed by atoms with Crippen LogP contribution in [0.1, 0.15) is 22.8 Å². The number of rotatable bonds is 7. The molecule has 0 unspecified atom stereocenters. The maximum absolute atomic E-state index is 12.3. The first kappa shape index (κ1) is 20.4. The molecule has 0 radical (unpaired) electrons. The van der Waals surface area contributed by atoms with Crippen LogP contribution < -0.4 is 5.32 Å². The highest BCUT2D eigenvalue weighted by Gasteiger charge is 2.17. The van der Waals surface area contributed by atoms with Crippen LogP contribution in [0.25, 0.3) is 11.4 Å². The summed E-state index contributed by atoms with van der Waals surface area (Å²) >= 11 is 1.24. The molecule has 3 aromatic rings. The number of aromatic hydroxyl groups is 1. The van der Waals surface area contributed by atoms with E-state index in [4.69, 9.17) is 5.11 Å². The van der Waals surface area contributed by atoms with Gasteiger partial charge < -0.3 is 20.1 Å². The number of carboxylic acids is 1. The number of aryl methyl sites for hydroxylation is 1. The minimum atomic E-state index is -1.01. The first-order valence-corrected chi connectivity index (χ1v) is 9.87. The van der Waals surface area contributed by atoms with Gasteiger partial charge in [0.15, 0.2) is 11.0 Å². The van der Waals surface area contributed by atoms with Crippen molar-refractivity contribution in [1.82, 2.24) is 14.8 Å². The van der Waals surface area contributed by atoms with Crippen LogP contribution in [0.4, 0.5) is 5.69 Å². The van der Waals surface area contributed by atoms with Gasteiger partial charge >= 0.3 is 5.97 Å². The van der Waals surface area contributed by atoms with Crippen molar-refractivity contribution in [3.8, 4) is 17.1 Å². The van der Waals surface area contributed by atoms with Crippen LogP contribution in [0.2, 0.25) is 0 Å². The molecule has 8 nitrogen and oxygen atoms in total. The molecular formula is C20H20N4O4S. The molecule has 0 spiro atoms. The standard InChI is InChI=1S/C20H20N4O4S/c1-3-24-18(14-6-4-5-7-16(14)25)22-23-20(24)29-11-17(26)21-15-9-8-13(19(27)28)10-12(15)2/h4-10,25H,3,11H2,1-2H3,(H,21,26)(H,27,28). The molecular weight excluding hydrogens is 392 g/mol. The molecule has 0 saturated heterocycles. The van der Waals surface area contributed by atoms with Crippen molar-refractivity contribution in [1.29, 1.82) is 0 Å². The maximum atomic E-state index is 12.3. The van der Waals surface area contributed by atoms with Crippen molar-refractivity contribution in [2.45, 2.75) is 25.5 Å². The molecule has 0 atom stereocenters. The quantitative estimate of drug-likeness (QED) is 0.509. The molecule has 0 fully saturated rings. The number of phenols is 1. The third-order valence-electron chi connectivity index (χ3n) is 4.26. The van der Waals surface area contributed by atoms with E-state index in [-0.39, 0.29) is 23.0 Å². The zero-order valence-corrected chi connectivity index (χ0v) is 16.7. The number of nitrogens with one attached hydrogen (secondary N) is 1. The fraction of sp³-hybridized carbons (Fsp3) is 0.200. The third kappa shape index (κ3) is 4.57. The Bertz CT molecular complexity index is 1060. The summed E-state index contributed by atoms with van der Waals surface area (Å²) in [6.45, 7) is 4.25. The average molecular weight is 412 g/mol. The minimum Gasteiger partial charge on any atom is -0.507 e. The Morgan fingerprint density at radius 3 is 2.59 bits per heavy atom. The Morgan fingerprint density at radius 2 is 1.93 bits per heavy atom. The number of thioether (sulfide) groups is 1. The van der Waals surface area contributed by atoms with E-state index in [1.807, 2.05) is 17.6 Å². The van der Waals surface area contributed by atoms with Crippen molar-refractivity contribution >= 4 is 29.3 Å². The van der Waals surface area contributed by atoms with Crippen molar-refractivity contribution in [3.05, 3.63) is 53.6 Å². The summed E-state index contributed by atoms with van der Waals surface area (Å²) in [5.74, 6) is -0.492. The Balaban J connectivity index is 1.70. The van der Waals surface area contributed by atoms with E-state index in [1.165, 1.54) is 23.9 Å². The lowest BCUT2D eigenvalue weighted by atomic mass is 10.1. The number of aromatic nitrogens is 3. The second-order valence-corrected chi connectivity index (χ2v) is 7.18. The van der Waals surface area contributed by atoms with E-state index in [1.54, 1.807) is 31.2 Å². The molecule has 0 aliphatic carbocycles. The molecule has 0 bridgehead atoms. The van der Waals surface area contributed by atoms with E-state index in [9.17, 15) is 14.7 Å². The highest BCUT2D eigenvalue weighted by molar-refractivity contribution is 7.99. The Kier molecular flexibility index (Phi) is 6.18. The fourth-order valence-electron chi connectivity index (χ4n) is 2.80. The normalized spacial score (nSPS) is 10.7. The van der Waals surface area contributed by atoms with Crippen LogP contribution in [0, 0.1) is 6.92 Å². The number of carboxylic acid groups (broad SMARTS) is 1. The summed E-state index contributed by atoms with van der Waals surface area (Å²) in [6.07, 6.45) is 0. The topological polar surface area (TPSA) is 117 Å². The van der Waals surface area contributed by atoms with Gasteiger partial charge in [-0.25, -0.2) is 4.79 Å². The highest BCUT2D eigenvalue weighted by atomic mass is 32.2. The van der Waals surface area contributed by atoms with Crippen LogP contribution in [0.15, 0.2) is 47.6 Å². The summed E-state index contributed by atoms with van der Waals surface area (Å²) < 4.78 is 1.83. The number of hydrogen-bond acceptors (Lipinski definition) is 6. The molecule has 0 saturated carbocycles. The first-order chi connectivity index (χ1) is 13.9. The molecule has 0 aliphatic heterocycles. The summed E-state index contributed by atoms with van der Waals surface area (Å²) in [6, 6.07) is 11.4. The van der Waals surface area contributed by atoms with Crippen LogP contribution in [0.3, 0.4) is 0 Å². The molecule has 150 valence electrons. The van der Waals surface area contributed by atoms with Crippen molar-refractivity contribution in [2.75, 3.05) is 11.1 Å². The summed E-state index contributed by atoms with van der Waals surface area (Å²) in [4.78, 5) is 23.4. The van der Waals surface area contributed by atoms with E-state index in [0.29, 0.717) is 34.3 Å². The molecule has 1 aromatic heterocycles. The molecule has 0 aliphatic rings. The minimum absolute atomic E-state index is 0.110. The van der Waals surface area contributed by atoms with E-state index in [2.05, 4.69) is 15.5 Å². The van der Waals surface area contributed by atoms with E-state index in [0.717, 1.165) is 0 Å². The number of carbonyl (C=O) groups is 2. The van der Waals surface area contributed by atoms with Crippen LogP contribution in [-0.4, -0.2) is 42.6 Å². The van der Waals surface area contributed by atoms with E-state index >= 15 is 0 Å². The van der Waals surface area contributed by atoms with Crippen LogP contribution in [0.5, 0.6) is 5.75 Å². The second kappa shape index (κ2) is 8.78. The number of carbonyl (C=O) groups excluding carboxylic acids is 1. The smallest absolute Gasteiger partial charge is 0.335 e. The SMILES string of the molecule is CCn1c(SCC(=O)Nc2ccc(C(=O)O)cc2C)nnc1-c1ccccc1O. The van der Waals surface area contributed by atoms with Gasteiger partial charge in [-0.1, -0.05) is 23.9 Å². The maximum Gasteiger partial charge on any atom is 0.335 e. The van der Waals surface area contributed by atoms with Crippen molar-refractivity contribution in [2.24, 2.45) is 0 Å². The number of hydrogen-bond donors (Lipinski definition) is 3. The third-order valence-corrected chi connectivity index (χ3v) is 5.22. The largest absolute Gasteiger partial charge is 0.507 e. The monoisotopic (exact) mass is 412 g/mol. The lowest BCUT2D eigenvalue weighted by Crippen LogP contribution is -2.15. The molecule has 1 heterocycles. The van der Waals surface area contributed by atoms with Crippen LogP contribution >= 0.6 is 11.8 Å². The van der Waals surface area contributed by atoms with Gasteiger partial charge in [0.05, 0.1) is 16.9 Å². The number of aromatic carboxylic acids is 1. The summed E-state index contributed by atoms with van der Waals surface area (Å²) in [5.41, 5.74) is 1.98. The first-order valence-electron chi connectivity index (χ1n) is 8.88. The number of nitrogens with zero attached hydrogens (tertiary/aromatic N) is 3. The van der Waals surface area contributed by atoms with Gasteiger partial charge in [0.25, 0.3) is 0 Å². The summed E-state index contributed by atoms with van der Waals surface area (Å²) in [5, 5.41) is 30.8. The fourth-order valence-corrected chi connectivity index (χ4v) is 3.60. The predicted molar refractivity (Wildman–Crippen MR) is 110 cm³/mol. The van der Waals surface area contributed by atoms with E-state index < -0.39 is 5.97 Å². The molecule has 3 rings (SSSR count). The number of para-hydroxylation sites is 1. The van der Waals surface area contributed by atoms with Gasteiger partial charge in [0.1, 0.15) is 5.75 Å².